The number of aromatic nitrogens is 1. The predicted molar refractivity (Wildman–Crippen MR) is 38.8 cm³/mol. The maximum atomic E-state index is 5.03. The van der Waals surface area contributed by atoms with E-state index in [1.54, 1.807) is 12.5 Å². The molecule has 3 heteroatoms. The minimum absolute atomic E-state index is 0.806. The van der Waals surface area contributed by atoms with Crippen LogP contribution in [0.15, 0.2) is 16.9 Å². The number of hydrogen-bond donors (Lipinski definition) is 1. The quantitative estimate of drug-likeness (QED) is 0.629. The van der Waals surface area contributed by atoms with Gasteiger partial charge in [-0.2, -0.15) is 0 Å². The van der Waals surface area contributed by atoms with Crippen molar-refractivity contribution in [3.63, 3.8) is 0 Å². The molecule has 0 unspecified atom stereocenters. The fourth-order valence-corrected chi connectivity index (χ4v) is 0.749. The number of oxazole rings is 1. The lowest BCUT2D eigenvalue weighted by molar-refractivity contribution is 0.486. The molecule has 0 aliphatic carbocycles. The first-order valence-electron chi connectivity index (χ1n) is 3.52. The standard InChI is InChI=1S/C7H12N2O/c1-2-8-4-3-7-9-5-6-10-7/h5-6,8H,2-4H2,1H3. The summed E-state index contributed by atoms with van der Waals surface area (Å²) in [7, 11) is 0. The summed E-state index contributed by atoms with van der Waals surface area (Å²) in [5, 5.41) is 3.19. The van der Waals surface area contributed by atoms with Gasteiger partial charge in [0.1, 0.15) is 6.26 Å². The number of likely N-dealkylation sites (N-methyl/N-ethyl adjacent to an activating group) is 1. The third-order valence-electron chi connectivity index (χ3n) is 1.25. The smallest absolute Gasteiger partial charge is 0.195 e. The molecule has 0 aliphatic rings. The van der Waals surface area contributed by atoms with Crippen LogP contribution in [0.25, 0.3) is 0 Å². The molecule has 0 aromatic carbocycles. The molecule has 0 saturated carbocycles. The Hall–Kier alpha value is -0.830. The van der Waals surface area contributed by atoms with Crippen LogP contribution < -0.4 is 5.32 Å². The molecule has 0 saturated heterocycles. The third kappa shape index (κ3) is 2.19. The summed E-state index contributed by atoms with van der Waals surface area (Å²) < 4.78 is 5.03. The fraction of sp³-hybridized carbons (Fsp3) is 0.571. The molecule has 1 N–H and O–H groups in total. The lowest BCUT2D eigenvalue weighted by Gasteiger charge is -1.95. The van der Waals surface area contributed by atoms with Crippen LogP contribution in [0, 0.1) is 0 Å². The summed E-state index contributed by atoms with van der Waals surface area (Å²) in [6.07, 6.45) is 4.14. The van der Waals surface area contributed by atoms with E-state index < -0.39 is 0 Å². The fourth-order valence-electron chi connectivity index (χ4n) is 0.749. The highest BCUT2D eigenvalue weighted by atomic mass is 16.3. The summed E-state index contributed by atoms with van der Waals surface area (Å²) in [4.78, 5) is 3.98. The highest BCUT2D eigenvalue weighted by molar-refractivity contribution is 4.80. The molecular formula is C7H12N2O. The molecule has 1 aromatic heterocycles. The molecule has 1 heterocycles. The second kappa shape index (κ2) is 4.06. The Kier molecular flexibility index (Phi) is 2.96. The SMILES string of the molecule is CCNCCc1ncco1. The Morgan fingerprint density at radius 3 is 3.20 bits per heavy atom. The van der Waals surface area contributed by atoms with E-state index in [2.05, 4.69) is 17.2 Å². The van der Waals surface area contributed by atoms with Gasteiger partial charge in [0, 0.05) is 13.0 Å². The van der Waals surface area contributed by atoms with Gasteiger partial charge in [0.15, 0.2) is 5.89 Å². The van der Waals surface area contributed by atoms with Gasteiger partial charge < -0.3 is 9.73 Å². The molecule has 0 amide bonds. The van der Waals surface area contributed by atoms with Crippen LogP contribution in [-0.4, -0.2) is 18.1 Å². The molecule has 0 bridgehead atoms. The first kappa shape index (κ1) is 7.28. The van der Waals surface area contributed by atoms with Crippen molar-refractivity contribution in [2.75, 3.05) is 13.1 Å². The molecule has 0 spiro atoms. The molecule has 56 valence electrons. The van der Waals surface area contributed by atoms with Crippen molar-refractivity contribution in [2.45, 2.75) is 13.3 Å². The van der Waals surface area contributed by atoms with E-state index in [1.807, 2.05) is 0 Å². The van der Waals surface area contributed by atoms with Gasteiger partial charge in [0.05, 0.1) is 6.20 Å². The zero-order valence-electron chi connectivity index (χ0n) is 6.13. The highest BCUT2D eigenvalue weighted by Crippen LogP contribution is 1.93. The maximum Gasteiger partial charge on any atom is 0.195 e. The molecule has 3 nitrogen and oxygen atoms in total. The van der Waals surface area contributed by atoms with Gasteiger partial charge in [0.25, 0.3) is 0 Å². The van der Waals surface area contributed by atoms with Crippen LogP contribution in [0.3, 0.4) is 0 Å². The van der Waals surface area contributed by atoms with Crippen molar-refractivity contribution in [2.24, 2.45) is 0 Å². The molecule has 0 atom stereocenters. The van der Waals surface area contributed by atoms with Crippen LogP contribution in [0.2, 0.25) is 0 Å². The van der Waals surface area contributed by atoms with Crippen molar-refractivity contribution in [1.29, 1.82) is 0 Å². The third-order valence-corrected chi connectivity index (χ3v) is 1.25. The number of hydrogen-bond acceptors (Lipinski definition) is 3. The first-order chi connectivity index (χ1) is 4.93. The first-order valence-corrected chi connectivity index (χ1v) is 3.52. The van der Waals surface area contributed by atoms with Crippen molar-refractivity contribution < 1.29 is 4.42 Å². The van der Waals surface area contributed by atoms with Crippen LogP contribution in [0.4, 0.5) is 0 Å². The van der Waals surface area contributed by atoms with Gasteiger partial charge >= 0.3 is 0 Å². The molecule has 1 rings (SSSR count). The summed E-state index contributed by atoms with van der Waals surface area (Å²) in [6, 6.07) is 0. The van der Waals surface area contributed by atoms with E-state index in [1.165, 1.54) is 0 Å². The molecule has 10 heavy (non-hydrogen) atoms. The summed E-state index contributed by atoms with van der Waals surface area (Å²) >= 11 is 0. The Labute approximate surface area is 60.5 Å². The van der Waals surface area contributed by atoms with Crippen LogP contribution in [0.1, 0.15) is 12.8 Å². The van der Waals surface area contributed by atoms with Gasteiger partial charge in [-0.05, 0) is 6.54 Å². The van der Waals surface area contributed by atoms with Crippen molar-refractivity contribution in [1.82, 2.24) is 10.3 Å². The lowest BCUT2D eigenvalue weighted by atomic mass is 10.4. The average Bonchev–Trinajstić information content (AvgIpc) is 2.41. The van der Waals surface area contributed by atoms with Gasteiger partial charge in [0.2, 0.25) is 0 Å². The number of rotatable bonds is 4. The monoisotopic (exact) mass is 140 g/mol. The van der Waals surface area contributed by atoms with Crippen molar-refractivity contribution in [3.8, 4) is 0 Å². The summed E-state index contributed by atoms with van der Waals surface area (Å²) in [5.74, 6) is 0.806. The molecular weight excluding hydrogens is 128 g/mol. The Bertz CT molecular complexity index is 160. The number of nitrogens with one attached hydrogen (secondary N) is 1. The molecule has 0 fully saturated rings. The number of nitrogens with zero attached hydrogens (tertiary/aromatic N) is 1. The second-order valence-electron chi connectivity index (χ2n) is 2.03. The average molecular weight is 140 g/mol. The van der Waals surface area contributed by atoms with E-state index in [0.29, 0.717) is 0 Å². The molecule has 1 aromatic rings. The molecule has 0 aliphatic heterocycles. The van der Waals surface area contributed by atoms with Crippen LogP contribution >= 0.6 is 0 Å². The van der Waals surface area contributed by atoms with E-state index >= 15 is 0 Å². The van der Waals surface area contributed by atoms with Crippen molar-refractivity contribution in [3.05, 3.63) is 18.4 Å². The summed E-state index contributed by atoms with van der Waals surface area (Å²) in [6.45, 7) is 4.02. The lowest BCUT2D eigenvalue weighted by Crippen LogP contribution is -2.16. The van der Waals surface area contributed by atoms with Crippen molar-refractivity contribution >= 4 is 0 Å². The zero-order valence-corrected chi connectivity index (χ0v) is 6.13. The normalized spacial score (nSPS) is 10.1. The predicted octanol–water partition coefficient (Wildman–Crippen LogP) is 0.827. The van der Waals surface area contributed by atoms with Gasteiger partial charge in [-0.1, -0.05) is 6.92 Å². The van der Waals surface area contributed by atoms with Gasteiger partial charge in [-0.25, -0.2) is 4.98 Å². The van der Waals surface area contributed by atoms with Crippen LogP contribution in [0.5, 0.6) is 0 Å². The maximum absolute atomic E-state index is 5.03. The van der Waals surface area contributed by atoms with E-state index in [9.17, 15) is 0 Å². The van der Waals surface area contributed by atoms with E-state index in [0.717, 1.165) is 25.4 Å². The minimum atomic E-state index is 0.806. The van der Waals surface area contributed by atoms with Crippen LogP contribution in [-0.2, 0) is 6.42 Å². The molecule has 0 radical (unpaired) electrons. The Balaban J connectivity index is 2.15. The second-order valence-corrected chi connectivity index (χ2v) is 2.03. The zero-order chi connectivity index (χ0) is 7.23. The Morgan fingerprint density at radius 1 is 1.70 bits per heavy atom. The van der Waals surface area contributed by atoms with E-state index in [-0.39, 0.29) is 0 Å². The minimum Gasteiger partial charge on any atom is -0.449 e. The highest BCUT2D eigenvalue weighted by Gasteiger charge is 1.93. The van der Waals surface area contributed by atoms with Gasteiger partial charge in [-0.15, -0.1) is 0 Å². The topological polar surface area (TPSA) is 38.1 Å². The van der Waals surface area contributed by atoms with E-state index in [4.69, 9.17) is 4.42 Å². The summed E-state index contributed by atoms with van der Waals surface area (Å²) in [5.41, 5.74) is 0. The largest absolute Gasteiger partial charge is 0.449 e. The van der Waals surface area contributed by atoms with Gasteiger partial charge in [-0.3, -0.25) is 0 Å². The Morgan fingerprint density at radius 2 is 2.60 bits per heavy atom.